The molecule has 4 rings (SSSR count). The second kappa shape index (κ2) is 7.14. The molecule has 3 heterocycles. The summed E-state index contributed by atoms with van der Waals surface area (Å²) in [4.78, 5) is 4.35. The van der Waals surface area contributed by atoms with Gasteiger partial charge >= 0.3 is 0 Å². The van der Waals surface area contributed by atoms with Crippen LogP contribution in [0.2, 0.25) is 0 Å². The highest BCUT2D eigenvalue weighted by Crippen LogP contribution is 2.35. The molecule has 0 unspecified atom stereocenters. The minimum atomic E-state index is -3.82. The lowest BCUT2D eigenvalue weighted by Gasteiger charge is -2.23. The van der Waals surface area contributed by atoms with Crippen LogP contribution in [0, 0.1) is 16.4 Å². The zero-order chi connectivity index (χ0) is 19.2. The van der Waals surface area contributed by atoms with Gasteiger partial charge < -0.3 is 5.32 Å². The van der Waals surface area contributed by atoms with Gasteiger partial charge in [0.15, 0.2) is 5.65 Å². The van der Waals surface area contributed by atoms with E-state index in [-0.39, 0.29) is 22.3 Å². The summed E-state index contributed by atoms with van der Waals surface area (Å²) < 4.78 is 42.8. The average molecular weight is 499 g/mol. The molecule has 1 aliphatic heterocycles. The van der Waals surface area contributed by atoms with Crippen LogP contribution in [0.1, 0.15) is 29.9 Å². The minimum absolute atomic E-state index is 0.0606. The molecule has 3 aromatic rings. The topological polar surface area (TPSA) is 64.0 Å². The SMILES string of the molecule is Cc1ccc(S(=O)(=O)n2c(I)cc3c(C4CCNCC4)c(F)cnc32)cc1. The number of piperidine rings is 1. The summed E-state index contributed by atoms with van der Waals surface area (Å²) in [6.07, 6.45) is 2.79. The molecule has 1 aliphatic rings. The lowest BCUT2D eigenvalue weighted by molar-refractivity contribution is 0.447. The highest BCUT2D eigenvalue weighted by Gasteiger charge is 2.28. The fourth-order valence-electron chi connectivity index (χ4n) is 3.66. The highest BCUT2D eigenvalue weighted by atomic mass is 127. The third-order valence-electron chi connectivity index (χ3n) is 5.04. The molecule has 0 spiro atoms. The Bertz CT molecular complexity index is 1100. The smallest absolute Gasteiger partial charge is 0.270 e. The van der Waals surface area contributed by atoms with Gasteiger partial charge in [0.05, 0.1) is 14.8 Å². The van der Waals surface area contributed by atoms with Crippen molar-refractivity contribution in [2.75, 3.05) is 13.1 Å². The summed E-state index contributed by atoms with van der Waals surface area (Å²) in [6.45, 7) is 3.56. The van der Waals surface area contributed by atoms with Gasteiger partial charge in [-0.25, -0.2) is 21.8 Å². The van der Waals surface area contributed by atoms with Crippen molar-refractivity contribution in [3.63, 3.8) is 0 Å². The number of rotatable bonds is 3. The van der Waals surface area contributed by atoms with Crippen molar-refractivity contribution in [1.82, 2.24) is 14.3 Å². The number of hydrogen-bond acceptors (Lipinski definition) is 4. The van der Waals surface area contributed by atoms with Gasteiger partial charge in [-0.15, -0.1) is 0 Å². The van der Waals surface area contributed by atoms with E-state index in [1.807, 2.05) is 29.5 Å². The molecule has 0 saturated carbocycles. The molecule has 0 bridgehead atoms. The van der Waals surface area contributed by atoms with Crippen LogP contribution >= 0.6 is 22.6 Å². The maximum atomic E-state index is 14.7. The van der Waals surface area contributed by atoms with Crippen LogP contribution in [0.25, 0.3) is 11.0 Å². The number of aryl methyl sites for hydroxylation is 1. The van der Waals surface area contributed by atoms with E-state index in [4.69, 9.17) is 0 Å². The molecule has 0 aliphatic carbocycles. The Kier molecular flexibility index (Phi) is 4.98. The number of nitrogens with one attached hydrogen (secondary N) is 1. The Balaban J connectivity index is 1.92. The first-order valence-corrected chi connectivity index (χ1v) is 11.3. The monoisotopic (exact) mass is 499 g/mol. The normalized spacial score (nSPS) is 16.1. The summed E-state index contributed by atoms with van der Waals surface area (Å²) in [6, 6.07) is 8.43. The van der Waals surface area contributed by atoms with Crippen molar-refractivity contribution in [2.45, 2.75) is 30.6 Å². The summed E-state index contributed by atoms with van der Waals surface area (Å²) >= 11 is 1.98. The Hall–Kier alpha value is -1.52. The third-order valence-corrected chi connectivity index (χ3v) is 7.88. The molecular formula is C19H19FIN3O2S. The van der Waals surface area contributed by atoms with E-state index in [2.05, 4.69) is 10.3 Å². The van der Waals surface area contributed by atoms with Crippen LogP contribution in [-0.4, -0.2) is 30.5 Å². The average Bonchev–Trinajstić information content (AvgIpc) is 2.99. The minimum Gasteiger partial charge on any atom is -0.317 e. The Morgan fingerprint density at radius 2 is 1.89 bits per heavy atom. The molecule has 1 fully saturated rings. The fourth-order valence-corrected chi connectivity index (χ4v) is 6.32. The summed E-state index contributed by atoms with van der Waals surface area (Å²) in [5.41, 5.74) is 1.85. The van der Waals surface area contributed by atoms with Crippen molar-refractivity contribution < 1.29 is 12.8 Å². The van der Waals surface area contributed by atoms with Gasteiger partial charge in [0.25, 0.3) is 10.0 Å². The fraction of sp³-hybridized carbons (Fsp3) is 0.316. The predicted molar refractivity (Wildman–Crippen MR) is 111 cm³/mol. The molecule has 0 radical (unpaired) electrons. The maximum absolute atomic E-state index is 14.7. The molecule has 2 aromatic heterocycles. The van der Waals surface area contributed by atoms with Crippen LogP contribution < -0.4 is 5.32 Å². The summed E-state index contributed by atoms with van der Waals surface area (Å²) in [5, 5.41) is 3.86. The molecule has 1 aromatic carbocycles. The third kappa shape index (κ3) is 3.27. The first-order chi connectivity index (χ1) is 12.9. The number of benzene rings is 1. The lowest BCUT2D eigenvalue weighted by Crippen LogP contribution is -2.27. The van der Waals surface area contributed by atoms with E-state index in [9.17, 15) is 12.8 Å². The number of hydrogen-bond donors (Lipinski definition) is 1. The second-order valence-corrected chi connectivity index (χ2v) is 9.72. The molecule has 8 heteroatoms. The second-order valence-electron chi connectivity index (χ2n) is 6.83. The standard InChI is InChI=1S/C19H19FIN3O2S/c1-12-2-4-14(5-3-12)27(25,26)24-17(21)10-15-18(13-6-8-22-9-7-13)16(20)11-23-19(15)24/h2-5,10-11,13,22H,6-9H2,1H3. The number of nitrogens with zero attached hydrogens (tertiary/aromatic N) is 2. The largest absolute Gasteiger partial charge is 0.317 e. The van der Waals surface area contributed by atoms with Gasteiger partial charge in [0.2, 0.25) is 0 Å². The number of halogens is 2. The predicted octanol–water partition coefficient (Wildman–Crippen LogP) is 3.79. The summed E-state index contributed by atoms with van der Waals surface area (Å²) in [7, 11) is -3.82. The van der Waals surface area contributed by atoms with Crippen molar-refractivity contribution in [2.24, 2.45) is 0 Å². The van der Waals surface area contributed by atoms with Gasteiger partial charge in [-0.3, -0.25) is 0 Å². The van der Waals surface area contributed by atoms with E-state index < -0.39 is 10.0 Å². The van der Waals surface area contributed by atoms with Crippen LogP contribution in [0.5, 0.6) is 0 Å². The first-order valence-electron chi connectivity index (χ1n) is 8.78. The Morgan fingerprint density at radius 1 is 1.22 bits per heavy atom. The van der Waals surface area contributed by atoms with Gasteiger partial charge in [-0.05, 0) is 79.6 Å². The van der Waals surface area contributed by atoms with Crippen LogP contribution in [0.3, 0.4) is 0 Å². The first kappa shape index (κ1) is 18.8. The van der Waals surface area contributed by atoms with Crippen molar-refractivity contribution in [3.05, 3.63) is 57.2 Å². The van der Waals surface area contributed by atoms with E-state index >= 15 is 0 Å². The van der Waals surface area contributed by atoms with Crippen LogP contribution in [0.4, 0.5) is 4.39 Å². The van der Waals surface area contributed by atoms with Gasteiger partial charge in [0.1, 0.15) is 5.82 Å². The summed E-state index contributed by atoms with van der Waals surface area (Å²) in [5.74, 6) is -0.304. The number of aromatic nitrogens is 2. The zero-order valence-electron chi connectivity index (χ0n) is 14.7. The molecule has 1 N–H and O–H groups in total. The van der Waals surface area contributed by atoms with Gasteiger partial charge in [0, 0.05) is 10.9 Å². The molecule has 0 amide bonds. The quantitative estimate of drug-likeness (QED) is 0.558. The van der Waals surface area contributed by atoms with E-state index in [0.717, 1.165) is 37.7 Å². The molecular weight excluding hydrogens is 480 g/mol. The Morgan fingerprint density at radius 3 is 2.56 bits per heavy atom. The van der Waals surface area contributed by atoms with Crippen molar-refractivity contribution in [3.8, 4) is 0 Å². The van der Waals surface area contributed by atoms with E-state index in [1.165, 1.54) is 3.97 Å². The van der Waals surface area contributed by atoms with Gasteiger partial charge in [-0.2, -0.15) is 0 Å². The van der Waals surface area contributed by atoms with Crippen LogP contribution in [0.15, 0.2) is 41.4 Å². The van der Waals surface area contributed by atoms with Crippen molar-refractivity contribution in [1.29, 1.82) is 0 Å². The number of pyridine rings is 1. The van der Waals surface area contributed by atoms with Crippen LogP contribution in [-0.2, 0) is 10.0 Å². The highest BCUT2D eigenvalue weighted by molar-refractivity contribution is 14.1. The lowest BCUT2D eigenvalue weighted by atomic mass is 9.89. The maximum Gasteiger partial charge on any atom is 0.270 e. The molecule has 27 heavy (non-hydrogen) atoms. The van der Waals surface area contributed by atoms with Crippen molar-refractivity contribution >= 4 is 43.6 Å². The number of fused-ring (bicyclic) bond motifs is 1. The Labute approximate surface area is 171 Å². The zero-order valence-corrected chi connectivity index (χ0v) is 17.7. The molecule has 0 atom stereocenters. The van der Waals surface area contributed by atoms with Gasteiger partial charge in [-0.1, -0.05) is 17.7 Å². The van der Waals surface area contributed by atoms with E-state index in [1.54, 1.807) is 30.3 Å². The van der Waals surface area contributed by atoms with E-state index in [0.29, 0.717) is 14.7 Å². The molecule has 142 valence electrons. The molecule has 5 nitrogen and oxygen atoms in total. The molecule has 1 saturated heterocycles.